The molecule has 33 heavy (non-hydrogen) atoms. The van der Waals surface area contributed by atoms with Crippen LogP contribution in [0.3, 0.4) is 0 Å². The summed E-state index contributed by atoms with van der Waals surface area (Å²) in [6, 6.07) is 12.5. The highest BCUT2D eigenvalue weighted by Crippen LogP contribution is 2.34. The van der Waals surface area contributed by atoms with Crippen LogP contribution in [0.25, 0.3) is 6.08 Å². The SMILES string of the molecule is CCOc1ccc(/C=C2\SC(=O)N(CCNC(=O)c3cccc(N(C)C)c3)C2=O)cc1OC. The van der Waals surface area contributed by atoms with Crippen molar-refractivity contribution >= 4 is 40.6 Å². The van der Waals surface area contributed by atoms with E-state index in [-0.39, 0.29) is 30.1 Å². The predicted molar refractivity (Wildman–Crippen MR) is 130 cm³/mol. The Kier molecular flexibility index (Phi) is 8.00. The fourth-order valence-electron chi connectivity index (χ4n) is 3.20. The van der Waals surface area contributed by atoms with Crippen LogP contribution in [0.15, 0.2) is 47.4 Å². The zero-order valence-electron chi connectivity index (χ0n) is 19.1. The van der Waals surface area contributed by atoms with E-state index in [1.807, 2.05) is 32.0 Å². The highest BCUT2D eigenvalue weighted by atomic mass is 32.2. The summed E-state index contributed by atoms with van der Waals surface area (Å²) in [5.41, 5.74) is 2.14. The number of thioether (sulfide) groups is 1. The van der Waals surface area contributed by atoms with Gasteiger partial charge in [0.05, 0.1) is 18.6 Å². The van der Waals surface area contributed by atoms with Gasteiger partial charge in [-0.25, -0.2) is 0 Å². The summed E-state index contributed by atoms with van der Waals surface area (Å²) in [7, 11) is 5.34. The van der Waals surface area contributed by atoms with Gasteiger partial charge in [-0.05, 0) is 60.7 Å². The van der Waals surface area contributed by atoms with Crippen LogP contribution in [0.1, 0.15) is 22.8 Å². The number of carbonyl (C=O) groups excluding carboxylic acids is 3. The molecule has 2 aromatic rings. The molecule has 0 bridgehead atoms. The average Bonchev–Trinajstić information content (AvgIpc) is 3.07. The topological polar surface area (TPSA) is 88.2 Å². The molecule has 1 aliphatic rings. The predicted octanol–water partition coefficient (Wildman–Crippen LogP) is 3.63. The first kappa shape index (κ1) is 24.2. The second-order valence-electron chi connectivity index (χ2n) is 7.38. The van der Waals surface area contributed by atoms with Gasteiger partial charge in [0.2, 0.25) is 0 Å². The minimum absolute atomic E-state index is 0.0910. The molecule has 3 rings (SSSR count). The summed E-state index contributed by atoms with van der Waals surface area (Å²) in [5.74, 6) is 0.507. The maximum absolute atomic E-state index is 12.8. The molecule has 1 N–H and O–H groups in total. The van der Waals surface area contributed by atoms with E-state index < -0.39 is 0 Å². The molecular weight excluding hydrogens is 442 g/mol. The number of nitrogens with zero attached hydrogens (tertiary/aromatic N) is 2. The van der Waals surface area contributed by atoms with Gasteiger partial charge in [-0.15, -0.1) is 0 Å². The van der Waals surface area contributed by atoms with Crippen molar-refractivity contribution in [3.63, 3.8) is 0 Å². The number of anilines is 1. The van der Waals surface area contributed by atoms with Crippen molar-refractivity contribution in [2.45, 2.75) is 6.92 Å². The minimum Gasteiger partial charge on any atom is -0.493 e. The lowest BCUT2D eigenvalue weighted by molar-refractivity contribution is -0.122. The van der Waals surface area contributed by atoms with Crippen LogP contribution in [-0.2, 0) is 4.79 Å². The van der Waals surface area contributed by atoms with Crippen molar-refractivity contribution in [1.29, 1.82) is 0 Å². The van der Waals surface area contributed by atoms with Crippen LogP contribution in [0.2, 0.25) is 0 Å². The van der Waals surface area contributed by atoms with Gasteiger partial charge in [0.15, 0.2) is 11.5 Å². The van der Waals surface area contributed by atoms with Crippen LogP contribution in [0.4, 0.5) is 10.5 Å². The van der Waals surface area contributed by atoms with E-state index in [0.29, 0.717) is 28.6 Å². The maximum atomic E-state index is 12.8. The fraction of sp³-hybridized carbons (Fsp3) is 0.292. The molecule has 1 saturated heterocycles. The third-order valence-electron chi connectivity index (χ3n) is 4.90. The lowest BCUT2D eigenvalue weighted by Crippen LogP contribution is -2.37. The molecule has 0 unspecified atom stereocenters. The summed E-state index contributed by atoms with van der Waals surface area (Å²) >= 11 is 0.873. The molecule has 0 aromatic heterocycles. The summed E-state index contributed by atoms with van der Waals surface area (Å²) < 4.78 is 10.8. The normalized spacial score (nSPS) is 14.5. The Morgan fingerprint density at radius 1 is 1.15 bits per heavy atom. The molecule has 0 radical (unpaired) electrons. The van der Waals surface area contributed by atoms with E-state index >= 15 is 0 Å². The van der Waals surface area contributed by atoms with Crippen molar-refractivity contribution in [1.82, 2.24) is 10.2 Å². The van der Waals surface area contributed by atoms with Crippen LogP contribution in [-0.4, -0.2) is 62.9 Å². The number of benzene rings is 2. The quantitative estimate of drug-likeness (QED) is 0.561. The van der Waals surface area contributed by atoms with Gasteiger partial charge in [-0.2, -0.15) is 0 Å². The van der Waals surface area contributed by atoms with E-state index in [1.54, 1.807) is 49.6 Å². The molecule has 174 valence electrons. The van der Waals surface area contributed by atoms with Crippen molar-refractivity contribution in [2.75, 3.05) is 45.8 Å². The van der Waals surface area contributed by atoms with E-state index in [9.17, 15) is 14.4 Å². The van der Waals surface area contributed by atoms with Crippen molar-refractivity contribution in [3.05, 3.63) is 58.5 Å². The molecule has 0 aliphatic carbocycles. The Hall–Kier alpha value is -3.46. The van der Waals surface area contributed by atoms with Gasteiger partial charge in [0.25, 0.3) is 17.1 Å². The number of methoxy groups -OCH3 is 1. The number of nitrogens with one attached hydrogen (secondary N) is 1. The lowest BCUT2D eigenvalue weighted by Gasteiger charge is -2.15. The molecule has 9 heteroatoms. The van der Waals surface area contributed by atoms with Gasteiger partial charge in [0.1, 0.15) is 0 Å². The zero-order valence-corrected chi connectivity index (χ0v) is 19.9. The molecule has 0 saturated carbocycles. The second-order valence-corrected chi connectivity index (χ2v) is 8.37. The van der Waals surface area contributed by atoms with Crippen molar-refractivity contribution < 1.29 is 23.9 Å². The summed E-state index contributed by atoms with van der Waals surface area (Å²) in [5, 5.41) is 2.40. The van der Waals surface area contributed by atoms with E-state index in [0.717, 1.165) is 27.9 Å². The Labute approximate surface area is 197 Å². The van der Waals surface area contributed by atoms with Crippen LogP contribution < -0.4 is 19.7 Å². The standard InChI is InChI=1S/C24H27N3O5S/c1-5-32-19-10-9-16(13-20(19)31-4)14-21-23(29)27(24(30)33-21)12-11-25-22(28)17-7-6-8-18(15-17)26(2)3/h6-10,13-15H,5,11-12H2,1-4H3,(H,25,28)/b21-14-. The molecule has 1 fully saturated rings. The average molecular weight is 470 g/mol. The Morgan fingerprint density at radius 3 is 2.64 bits per heavy atom. The first-order chi connectivity index (χ1) is 15.8. The Bertz CT molecular complexity index is 1080. The zero-order chi connectivity index (χ0) is 24.0. The van der Waals surface area contributed by atoms with Crippen molar-refractivity contribution in [2.24, 2.45) is 0 Å². The monoisotopic (exact) mass is 469 g/mol. The smallest absolute Gasteiger partial charge is 0.293 e. The number of amides is 3. The number of rotatable bonds is 9. The Morgan fingerprint density at radius 2 is 1.94 bits per heavy atom. The van der Waals surface area contributed by atoms with E-state index in [2.05, 4.69) is 5.32 Å². The second kappa shape index (κ2) is 10.9. The van der Waals surface area contributed by atoms with E-state index in [4.69, 9.17) is 9.47 Å². The van der Waals surface area contributed by atoms with Gasteiger partial charge < -0.3 is 19.7 Å². The van der Waals surface area contributed by atoms with Gasteiger partial charge in [0, 0.05) is 38.4 Å². The first-order valence-corrected chi connectivity index (χ1v) is 11.3. The van der Waals surface area contributed by atoms with Crippen LogP contribution >= 0.6 is 11.8 Å². The van der Waals surface area contributed by atoms with Gasteiger partial charge >= 0.3 is 0 Å². The number of carbonyl (C=O) groups is 3. The molecular formula is C24H27N3O5S. The molecule has 2 aromatic carbocycles. The fourth-order valence-corrected chi connectivity index (χ4v) is 4.07. The third-order valence-corrected chi connectivity index (χ3v) is 5.81. The number of imide groups is 1. The molecule has 8 nitrogen and oxygen atoms in total. The van der Waals surface area contributed by atoms with E-state index in [1.165, 1.54) is 0 Å². The minimum atomic E-state index is -0.387. The third kappa shape index (κ3) is 5.87. The highest BCUT2D eigenvalue weighted by Gasteiger charge is 2.34. The summed E-state index contributed by atoms with van der Waals surface area (Å²) in [6.07, 6.45) is 1.65. The maximum Gasteiger partial charge on any atom is 0.293 e. The first-order valence-electron chi connectivity index (χ1n) is 10.5. The molecule has 1 heterocycles. The molecule has 0 atom stereocenters. The Balaban J connectivity index is 1.62. The number of ether oxygens (including phenoxy) is 2. The lowest BCUT2D eigenvalue weighted by atomic mass is 10.2. The van der Waals surface area contributed by atoms with Crippen LogP contribution in [0, 0.1) is 0 Å². The highest BCUT2D eigenvalue weighted by molar-refractivity contribution is 8.18. The number of hydrogen-bond donors (Lipinski definition) is 1. The largest absolute Gasteiger partial charge is 0.493 e. The summed E-state index contributed by atoms with van der Waals surface area (Å²) in [4.78, 5) is 40.9. The van der Waals surface area contributed by atoms with Gasteiger partial charge in [-0.3, -0.25) is 19.3 Å². The summed E-state index contributed by atoms with van der Waals surface area (Å²) in [6.45, 7) is 2.64. The molecule has 0 spiro atoms. The molecule has 1 aliphatic heterocycles. The number of hydrogen-bond acceptors (Lipinski definition) is 7. The van der Waals surface area contributed by atoms with Crippen molar-refractivity contribution in [3.8, 4) is 11.5 Å². The molecule has 3 amide bonds. The van der Waals surface area contributed by atoms with Crippen LogP contribution in [0.5, 0.6) is 11.5 Å². The van der Waals surface area contributed by atoms with Gasteiger partial charge in [-0.1, -0.05) is 12.1 Å².